The second-order valence-electron chi connectivity index (χ2n) is 6.24. The molecule has 0 unspecified atom stereocenters. The number of imidazole rings is 1. The molecule has 3 aromatic rings. The number of rotatable bonds is 6. The Balaban J connectivity index is 1.31. The van der Waals surface area contributed by atoms with Crippen LogP contribution in [-0.2, 0) is 16.1 Å². The Hall–Kier alpha value is -2.86. The molecule has 1 saturated heterocycles. The molecule has 0 bridgehead atoms. The van der Waals surface area contributed by atoms with Crippen LogP contribution in [0.5, 0.6) is 5.75 Å². The molecule has 0 aliphatic carbocycles. The molecule has 0 radical (unpaired) electrons. The van der Waals surface area contributed by atoms with E-state index in [0.29, 0.717) is 17.9 Å². The third-order valence-corrected chi connectivity index (χ3v) is 4.31. The van der Waals surface area contributed by atoms with Crippen molar-refractivity contribution in [2.45, 2.75) is 25.6 Å². The normalized spacial score (nSPS) is 16.7. The highest BCUT2D eigenvalue weighted by Crippen LogP contribution is 2.17. The summed E-state index contributed by atoms with van der Waals surface area (Å²) < 4.78 is 18.5. The van der Waals surface area contributed by atoms with E-state index in [-0.39, 0.29) is 18.7 Å². The van der Waals surface area contributed by atoms with E-state index >= 15 is 0 Å². The summed E-state index contributed by atoms with van der Waals surface area (Å²) in [5.41, 5.74) is 2.02. The van der Waals surface area contributed by atoms with Crippen molar-refractivity contribution in [1.29, 1.82) is 0 Å². The Kier molecular flexibility index (Phi) is 4.84. The number of nitrogens with zero attached hydrogens (tertiary/aromatic N) is 2. The van der Waals surface area contributed by atoms with Crippen LogP contribution < -0.4 is 4.74 Å². The van der Waals surface area contributed by atoms with E-state index in [2.05, 4.69) is 4.98 Å². The minimum absolute atomic E-state index is 0.137. The second kappa shape index (κ2) is 7.58. The Bertz CT molecular complexity index is 849. The first-order valence-corrected chi connectivity index (χ1v) is 8.72. The van der Waals surface area contributed by atoms with Gasteiger partial charge in [0.1, 0.15) is 24.6 Å². The van der Waals surface area contributed by atoms with Crippen LogP contribution >= 0.6 is 0 Å². The van der Waals surface area contributed by atoms with Crippen molar-refractivity contribution in [3.8, 4) is 5.75 Å². The molecule has 0 N–H and O–H groups in total. The molecule has 6 heteroatoms. The van der Waals surface area contributed by atoms with Gasteiger partial charge in [-0.25, -0.2) is 9.78 Å². The van der Waals surface area contributed by atoms with Crippen LogP contribution in [0.1, 0.15) is 28.9 Å². The van der Waals surface area contributed by atoms with Crippen molar-refractivity contribution < 1.29 is 19.0 Å². The third-order valence-electron chi connectivity index (χ3n) is 4.31. The van der Waals surface area contributed by atoms with Gasteiger partial charge >= 0.3 is 5.97 Å². The van der Waals surface area contributed by atoms with E-state index in [1.165, 1.54) is 0 Å². The van der Waals surface area contributed by atoms with Crippen molar-refractivity contribution >= 4 is 11.6 Å². The topological polar surface area (TPSA) is 62.1 Å². The number of aromatic nitrogens is 2. The Morgan fingerprint density at radius 1 is 1.23 bits per heavy atom. The number of pyridine rings is 1. The van der Waals surface area contributed by atoms with Gasteiger partial charge in [-0.05, 0) is 49.2 Å². The van der Waals surface area contributed by atoms with Crippen molar-refractivity contribution in [2.24, 2.45) is 0 Å². The molecule has 0 saturated carbocycles. The van der Waals surface area contributed by atoms with Crippen LogP contribution in [0.25, 0.3) is 5.65 Å². The lowest BCUT2D eigenvalue weighted by molar-refractivity contribution is 0.0468. The second-order valence-corrected chi connectivity index (χ2v) is 6.24. The minimum Gasteiger partial charge on any atom is -0.491 e. The van der Waals surface area contributed by atoms with Crippen molar-refractivity contribution in [2.75, 3.05) is 13.2 Å². The fourth-order valence-corrected chi connectivity index (χ4v) is 2.93. The molecule has 134 valence electrons. The lowest BCUT2D eigenvalue weighted by atomic mass is 10.2. The summed E-state index contributed by atoms with van der Waals surface area (Å²) in [5.74, 6) is 0.338. The third kappa shape index (κ3) is 3.86. The average molecular weight is 352 g/mol. The predicted molar refractivity (Wildman–Crippen MR) is 95.2 cm³/mol. The zero-order valence-corrected chi connectivity index (χ0v) is 14.3. The standard InChI is InChI=1S/C20H20N2O4/c23-20(26-13-16-12-22-10-2-1-5-19(22)21-16)15-6-8-17(9-7-15)25-14-18-4-3-11-24-18/h1-2,5-10,12,18H,3-4,11,13-14H2/t18-/m1/s1. The number of carbonyl (C=O) groups excluding carboxylic acids is 1. The van der Waals surface area contributed by atoms with Crippen molar-refractivity contribution in [3.63, 3.8) is 0 Å². The monoisotopic (exact) mass is 352 g/mol. The molecule has 1 atom stereocenters. The smallest absolute Gasteiger partial charge is 0.338 e. The molecule has 4 rings (SSSR count). The van der Waals surface area contributed by atoms with Crippen LogP contribution in [0.15, 0.2) is 54.9 Å². The number of carbonyl (C=O) groups is 1. The molecule has 1 aromatic carbocycles. The molecule has 6 nitrogen and oxygen atoms in total. The van der Waals surface area contributed by atoms with Gasteiger partial charge in [0.2, 0.25) is 0 Å². The molecule has 1 aliphatic rings. The van der Waals surface area contributed by atoms with Gasteiger partial charge in [-0.1, -0.05) is 6.07 Å². The predicted octanol–water partition coefficient (Wildman–Crippen LogP) is 3.25. The summed E-state index contributed by atoms with van der Waals surface area (Å²) in [6.45, 7) is 1.49. The maximum atomic E-state index is 12.2. The molecular weight excluding hydrogens is 332 g/mol. The van der Waals surface area contributed by atoms with Gasteiger partial charge in [0.05, 0.1) is 17.4 Å². The van der Waals surface area contributed by atoms with Crippen LogP contribution in [0.2, 0.25) is 0 Å². The summed E-state index contributed by atoms with van der Waals surface area (Å²) in [4.78, 5) is 16.6. The first kappa shape index (κ1) is 16.6. The molecule has 0 amide bonds. The van der Waals surface area contributed by atoms with E-state index in [0.717, 1.165) is 30.8 Å². The van der Waals surface area contributed by atoms with Gasteiger partial charge in [0.25, 0.3) is 0 Å². The lowest BCUT2D eigenvalue weighted by Gasteiger charge is -2.11. The average Bonchev–Trinajstić information content (AvgIpc) is 3.34. The van der Waals surface area contributed by atoms with Crippen LogP contribution in [-0.4, -0.2) is 34.7 Å². The van der Waals surface area contributed by atoms with E-state index in [4.69, 9.17) is 14.2 Å². The number of fused-ring (bicyclic) bond motifs is 1. The first-order valence-electron chi connectivity index (χ1n) is 8.72. The van der Waals surface area contributed by atoms with Crippen molar-refractivity contribution in [1.82, 2.24) is 9.38 Å². The number of benzene rings is 1. The lowest BCUT2D eigenvalue weighted by Crippen LogP contribution is -2.16. The van der Waals surface area contributed by atoms with Crippen LogP contribution in [0.3, 0.4) is 0 Å². The van der Waals surface area contributed by atoms with E-state index in [1.807, 2.05) is 35.0 Å². The minimum atomic E-state index is -0.382. The fraction of sp³-hybridized carbons (Fsp3) is 0.300. The molecule has 26 heavy (non-hydrogen) atoms. The molecule has 2 aromatic heterocycles. The summed E-state index contributed by atoms with van der Waals surface area (Å²) in [7, 11) is 0. The van der Waals surface area contributed by atoms with E-state index < -0.39 is 0 Å². The molecular formula is C20H20N2O4. The molecule has 1 fully saturated rings. The van der Waals surface area contributed by atoms with Crippen LogP contribution in [0, 0.1) is 0 Å². The maximum Gasteiger partial charge on any atom is 0.338 e. The summed E-state index contributed by atoms with van der Waals surface area (Å²) in [6.07, 6.45) is 6.05. The number of hydrogen-bond acceptors (Lipinski definition) is 5. The van der Waals surface area contributed by atoms with Gasteiger partial charge in [0.15, 0.2) is 0 Å². The zero-order valence-electron chi connectivity index (χ0n) is 14.3. The Morgan fingerprint density at radius 3 is 2.88 bits per heavy atom. The zero-order chi connectivity index (χ0) is 17.8. The number of hydrogen-bond donors (Lipinski definition) is 0. The molecule has 1 aliphatic heterocycles. The fourth-order valence-electron chi connectivity index (χ4n) is 2.93. The highest BCUT2D eigenvalue weighted by Gasteiger charge is 2.16. The van der Waals surface area contributed by atoms with E-state index in [1.54, 1.807) is 24.3 Å². The quantitative estimate of drug-likeness (QED) is 0.637. The highest BCUT2D eigenvalue weighted by atomic mass is 16.5. The largest absolute Gasteiger partial charge is 0.491 e. The summed E-state index contributed by atoms with van der Waals surface area (Å²) >= 11 is 0. The van der Waals surface area contributed by atoms with Gasteiger partial charge in [-0.2, -0.15) is 0 Å². The van der Waals surface area contributed by atoms with Crippen molar-refractivity contribution in [3.05, 3.63) is 66.1 Å². The Labute approximate surface area is 151 Å². The van der Waals surface area contributed by atoms with Gasteiger partial charge < -0.3 is 18.6 Å². The molecule has 3 heterocycles. The van der Waals surface area contributed by atoms with E-state index in [9.17, 15) is 4.79 Å². The Morgan fingerprint density at radius 2 is 2.12 bits per heavy atom. The summed E-state index contributed by atoms with van der Waals surface area (Å²) in [6, 6.07) is 12.7. The first-order chi connectivity index (χ1) is 12.8. The number of esters is 1. The van der Waals surface area contributed by atoms with Gasteiger partial charge in [-0.3, -0.25) is 0 Å². The van der Waals surface area contributed by atoms with Crippen LogP contribution in [0.4, 0.5) is 0 Å². The van der Waals surface area contributed by atoms with Gasteiger partial charge in [0, 0.05) is 19.0 Å². The number of ether oxygens (including phenoxy) is 3. The maximum absolute atomic E-state index is 12.2. The van der Waals surface area contributed by atoms with Gasteiger partial charge in [-0.15, -0.1) is 0 Å². The SMILES string of the molecule is O=C(OCc1cn2ccccc2n1)c1ccc(OC[C@H]2CCCO2)cc1. The summed E-state index contributed by atoms with van der Waals surface area (Å²) in [5, 5.41) is 0. The molecule has 0 spiro atoms. The highest BCUT2D eigenvalue weighted by molar-refractivity contribution is 5.89.